The minimum Gasteiger partial charge on any atom is -0.372 e. The smallest absolute Gasteiger partial charge is 0.258 e. The Morgan fingerprint density at radius 1 is 1.12 bits per heavy atom. The van der Waals surface area contributed by atoms with E-state index < -0.39 is 0 Å². The molecule has 1 aliphatic rings. The normalized spacial score (nSPS) is 14.0. The summed E-state index contributed by atoms with van der Waals surface area (Å²) in [6.07, 6.45) is 0.471. The van der Waals surface area contributed by atoms with E-state index in [9.17, 15) is 4.79 Å². The lowest BCUT2D eigenvalue weighted by molar-refractivity contribution is -0.115. The fraction of sp³-hybridized carbons (Fsp3) is 0.167. The Balaban J connectivity index is 1.71. The Labute approximate surface area is 139 Å². The maximum atomic E-state index is 11.8. The van der Waals surface area contributed by atoms with E-state index in [1.165, 1.54) is 0 Å². The van der Waals surface area contributed by atoms with Gasteiger partial charge in [-0.25, -0.2) is 0 Å². The van der Waals surface area contributed by atoms with E-state index >= 15 is 0 Å². The highest BCUT2D eigenvalue weighted by Gasteiger charge is 2.18. The van der Waals surface area contributed by atoms with E-state index in [2.05, 4.69) is 20.4 Å². The summed E-state index contributed by atoms with van der Waals surface area (Å²) < 4.78 is 5.39. The third-order valence-corrected chi connectivity index (χ3v) is 4.06. The van der Waals surface area contributed by atoms with E-state index in [0.717, 1.165) is 22.5 Å². The lowest BCUT2D eigenvalue weighted by atomic mass is 10.1. The first-order chi connectivity index (χ1) is 11.7. The number of nitrogens with one attached hydrogen (secondary N) is 1. The van der Waals surface area contributed by atoms with Gasteiger partial charge in [0.05, 0.1) is 11.4 Å². The summed E-state index contributed by atoms with van der Waals surface area (Å²) in [4.78, 5) is 18.4. The van der Waals surface area contributed by atoms with E-state index in [1.807, 2.05) is 55.6 Å². The van der Waals surface area contributed by atoms with Gasteiger partial charge in [0.25, 0.3) is 5.89 Å². The highest BCUT2D eigenvalue weighted by molar-refractivity contribution is 5.97. The molecule has 6 nitrogen and oxygen atoms in total. The number of amides is 1. The van der Waals surface area contributed by atoms with Crippen LogP contribution in [0.4, 0.5) is 11.4 Å². The maximum absolute atomic E-state index is 11.8. The zero-order valence-corrected chi connectivity index (χ0v) is 13.2. The molecule has 0 spiro atoms. The minimum atomic E-state index is 0.00764. The molecule has 0 unspecified atom stereocenters. The largest absolute Gasteiger partial charge is 0.372 e. The van der Waals surface area contributed by atoms with Gasteiger partial charge in [0, 0.05) is 31.1 Å². The summed E-state index contributed by atoms with van der Waals surface area (Å²) >= 11 is 0. The second-order valence-corrected chi connectivity index (χ2v) is 5.74. The van der Waals surface area contributed by atoms with E-state index in [-0.39, 0.29) is 5.91 Å². The maximum Gasteiger partial charge on any atom is 0.258 e. The molecule has 1 aromatic heterocycles. The number of aromatic nitrogens is 2. The van der Waals surface area contributed by atoms with Gasteiger partial charge in [0.2, 0.25) is 11.7 Å². The topological polar surface area (TPSA) is 71.3 Å². The number of nitrogens with zero attached hydrogens (tertiary/aromatic N) is 3. The quantitative estimate of drug-likeness (QED) is 0.785. The Kier molecular flexibility index (Phi) is 3.49. The monoisotopic (exact) mass is 320 g/mol. The number of fused-ring (bicyclic) bond motifs is 1. The van der Waals surface area contributed by atoms with Gasteiger partial charge in [0.15, 0.2) is 0 Å². The van der Waals surface area contributed by atoms with Crippen molar-refractivity contribution < 1.29 is 9.32 Å². The molecule has 1 N–H and O–H groups in total. The standard InChI is InChI=1S/C18H16N4O2/c1-22-10-9-16(23)19-14-11-13(7-8-15(14)22)18-20-17(21-24-18)12-5-3-2-4-6-12/h2-8,11H,9-10H2,1H3,(H,19,23). The molecule has 6 heteroatoms. The number of benzene rings is 2. The first-order valence-corrected chi connectivity index (χ1v) is 7.75. The van der Waals surface area contributed by atoms with Crippen LogP contribution in [0.1, 0.15) is 6.42 Å². The Morgan fingerprint density at radius 3 is 2.79 bits per heavy atom. The summed E-state index contributed by atoms with van der Waals surface area (Å²) in [6.45, 7) is 0.691. The summed E-state index contributed by atoms with van der Waals surface area (Å²) in [5.74, 6) is 0.979. The number of carbonyl (C=O) groups is 1. The molecular weight excluding hydrogens is 304 g/mol. The van der Waals surface area contributed by atoms with Crippen molar-refractivity contribution in [1.29, 1.82) is 0 Å². The molecule has 0 bridgehead atoms. The van der Waals surface area contributed by atoms with Gasteiger partial charge in [0.1, 0.15) is 0 Å². The zero-order chi connectivity index (χ0) is 16.5. The van der Waals surface area contributed by atoms with Crippen LogP contribution in [-0.2, 0) is 4.79 Å². The lowest BCUT2D eigenvalue weighted by Gasteiger charge is -2.18. The fourth-order valence-corrected chi connectivity index (χ4v) is 2.75. The van der Waals surface area contributed by atoms with Crippen molar-refractivity contribution in [3.05, 3.63) is 48.5 Å². The Hall–Kier alpha value is -3.15. The molecule has 2 aromatic carbocycles. The third kappa shape index (κ3) is 2.62. The molecular formula is C18H16N4O2. The molecule has 0 aliphatic carbocycles. The van der Waals surface area contributed by atoms with Crippen LogP contribution in [0.15, 0.2) is 53.1 Å². The summed E-state index contributed by atoms with van der Waals surface area (Å²) in [5.41, 5.74) is 3.42. The summed E-state index contributed by atoms with van der Waals surface area (Å²) in [6, 6.07) is 15.4. The second-order valence-electron chi connectivity index (χ2n) is 5.74. The van der Waals surface area contributed by atoms with Crippen LogP contribution in [0, 0.1) is 0 Å². The van der Waals surface area contributed by atoms with Crippen LogP contribution in [0.25, 0.3) is 22.8 Å². The number of hydrogen-bond donors (Lipinski definition) is 1. The molecule has 0 saturated heterocycles. The van der Waals surface area contributed by atoms with Crippen molar-refractivity contribution in [3.63, 3.8) is 0 Å². The fourth-order valence-electron chi connectivity index (χ4n) is 2.75. The van der Waals surface area contributed by atoms with E-state index in [1.54, 1.807) is 0 Å². The van der Waals surface area contributed by atoms with Crippen molar-refractivity contribution in [1.82, 2.24) is 10.1 Å². The number of rotatable bonds is 2. The van der Waals surface area contributed by atoms with Crippen LogP contribution in [0.3, 0.4) is 0 Å². The molecule has 2 heterocycles. The first-order valence-electron chi connectivity index (χ1n) is 7.75. The van der Waals surface area contributed by atoms with E-state index in [0.29, 0.717) is 24.7 Å². The predicted octanol–water partition coefficient (Wildman–Crippen LogP) is 3.18. The predicted molar refractivity (Wildman–Crippen MR) is 91.7 cm³/mol. The zero-order valence-electron chi connectivity index (χ0n) is 13.2. The van der Waals surface area contributed by atoms with Crippen molar-refractivity contribution in [3.8, 4) is 22.8 Å². The average Bonchev–Trinajstić information content (AvgIpc) is 3.05. The van der Waals surface area contributed by atoms with Gasteiger partial charge in [-0.1, -0.05) is 35.5 Å². The number of anilines is 2. The minimum absolute atomic E-state index is 0.00764. The van der Waals surface area contributed by atoms with Crippen molar-refractivity contribution in [2.24, 2.45) is 0 Å². The van der Waals surface area contributed by atoms with Crippen molar-refractivity contribution in [2.45, 2.75) is 6.42 Å². The van der Waals surface area contributed by atoms with Crippen LogP contribution in [0.5, 0.6) is 0 Å². The van der Waals surface area contributed by atoms with Crippen LogP contribution < -0.4 is 10.2 Å². The molecule has 0 saturated carbocycles. The highest BCUT2D eigenvalue weighted by Crippen LogP contribution is 2.32. The Morgan fingerprint density at radius 2 is 1.96 bits per heavy atom. The molecule has 0 radical (unpaired) electrons. The van der Waals surface area contributed by atoms with Gasteiger partial charge in [-0.05, 0) is 18.2 Å². The van der Waals surface area contributed by atoms with Gasteiger partial charge >= 0.3 is 0 Å². The van der Waals surface area contributed by atoms with Gasteiger partial charge in [-0.2, -0.15) is 4.98 Å². The number of hydrogen-bond acceptors (Lipinski definition) is 5. The molecule has 1 amide bonds. The third-order valence-electron chi connectivity index (χ3n) is 4.06. The lowest BCUT2D eigenvalue weighted by Crippen LogP contribution is -2.18. The van der Waals surface area contributed by atoms with Crippen molar-refractivity contribution >= 4 is 17.3 Å². The van der Waals surface area contributed by atoms with Gasteiger partial charge in [-0.15, -0.1) is 0 Å². The number of carbonyl (C=O) groups excluding carboxylic acids is 1. The molecule has 4 rings (SSSR count). The molecule has 3 aromatic rings. The molecule has 0 fully saturated rings. The summed E-state index contributed by atoms with van der Waals surface area (Å²) in [7, 11) is 1.97. The molecule has 1 aliphatic heterocycles. The SMILES string of the molecule is CN1CCC(=O)Nc2cc(-c3nc(-c4ccccc4)no3)ccc21. The van der Waals surface area contributed by atoms with Crippen molar-refractivity contribution in [2.75, 3.05) is 23.8 Å². The van der Waals surface area contributed by atoms with Crippen LogP contribution >= 0.6 is 0 Å². The first kappa shape index (κ1) is 14.4. The second kappa shape index (κ2) is 5.81. The average molecular weight is 320 g/mol. The summed E-state index contributed by atoms with van der Waals surface area (Å²) in [5, 5.41) is 6.97. The highest BCUT2D eigenvalue weighted by atomic mass is 16.5. The van der Waals surface area contributed by atoms with E-state index in [4.69, 9.17) is 4.52 Å². The molecule has 0 atom stereocenters. The Bertz CT molecular complexity index is 889. The molecule has 120 valence electrons. The molecule has 24 heavy (non-hydrogen) atoms. The van der Waals surface area contributed by atoms with Crippen LogP contribution in [-0.4, -0.2) is 29.6 Å². The van der Waals surface area contributed by atoms with Crippen LogP contribution in [0.2, 0.25) is 0 Å². The van der Waals surface area contributed by atoms with Gasteiger partial charge < -0.3 is 14.7 Å². The van der Waals surface area contributed by atoms with Gasteiger partial charge in [-0.3, -0.25) is 4.79 Å².